The largest absolute Gasteiger partial charge is 0.454 e. The molecule has 0 aromatic heterocycles. The van der Waals surface area contributed by atoms with E-state index < -0.39 is 29.9 Å². The number of Topliss-reactive ketones (excluding diaryl/α,β-unsaturated/α-hetero) is 1. The van der Waals surface area contributed by atoms with Gasteiger partial charge in [0.1, 0.15) is 12.1 Å². The van der Waals surface area contributed by atoms with Gasteiger partial charge >= 0.3 is 6.03 Å². The summed E-state index contributed by atoms with van der Waals surface area (Å²) in [6, 6.07) is 9.94. The highest BCUT2D eigenvalue weighted by molar-refractivity contribution is 6.11. The lowest BCUT2D eigenvalue weighted by Crippen LogP contribution is -2.47. The zero-order chi connectivity index (χ0) is 22.5. The summed E-state index contributed by atoms with van der Waals surface area (Å²) < 4.78 is 10.6. The van der Waals surface area contributed by atoms with Gasteiger partial charge in [-0.1, -0.05) is 24.3 Å². The zero-order valence-corrected chi connectivity index (χ0v) is 17.4. The lowest BCUT2D eigenvalue weighted by Gasteiger charge is -2.33. The second-order valence-electron chi connectivity index (χ2n) is 8.09. The van der Waals surface area contributed by atoms with Crippen molar-refractivity contribution in [3.05, 3.63) is 53.1 Å². The maximum Gasteiger partial charge on any atom is 0.325 e. The van der Waals surface area contributed by atoms with Crippen LogP contribution in [0.3, 0.4) is 0 Å². The molecule has 1 fully saturated rings. The van der Waals surface area contributed by atoms with Crippen molar-refractivity contribution in [3.8, 4) is 11.5 Å². The van der Waals surface area contributed by atoms with Gasteiger partial charge in [0.15, 0.2) is 17.3 Å². The molecule has 0 radical (unpaired) electrons. The first-order valence-electron chi connectivity index (χ1n) is 10.4. The Morgan fingerprint density at radius 2 is 1.91 bits per heavy atom. The molecular formula is C23H21N3O6. The van der Waals surface area contributed by atoms with Gasteiger partial charge in [-0.2, -0.15) is 0 Å². The van der Waals surface area contributed by atoms with E-state index in [-0.39, 0.29) is 23.8 Å². The predicted molar refractivity (Wildman–Crippen MR) is 113 cm³/mol. The standard InChI is InChI=1S/C23H21N3O6/c1-13(27)15-9-18-19(32-12-31-18)10-17(15)24-20(28)11-26-21(29)23(25-22(26)30)8-4-6-14-5-2-3-7-16(14)23/h2-3,5,7,9-10H,4,6,8,11-12H2,1H3,(H,24,28)(H,25,30). The van der Waals surface area contributed by atoms with Crippen molar-refractivity contribution < 1.29 is 28.7 Å². The molecule has 164 valence electrons. The van der Waals surface area contributed by atoms with Crippen LogP contribution in [0.15, 0.2) is 36.4 Å². The molecule has 0 saturated carbocycles. The van der Waals surface area contributed by atoms with Crippen molar-refractivity contribution in [2.45, 2.75) is 31.7 Å². The molecule has 2 aliphatic heterocycles. The molecule has 1 aliphatic carbocycles. The summed E-state index contributed by atoms with van der Waals surface area (Å²) in [5.41, 5.74) is 1.14. The number of hydrogen-bond acceptors (Lipinski definition) is 6. The van der Waals surface area contributed by atoms with Crippen LogP contribution in [0.5, 0.6) is 11.5 Å². The van der Waals surface area contributed by atoms with Crippen LogP contribution in [0, 0.1) is 0 Å². The van der Waals surface area contributed by atoms with Gasteiger partial charge in [0, 0.05) is 11.6 Å². The normalized spacial score (nSPS) is 20.8. The lowest BCUT2D eigenvalue weighted by atomic mass is 9.76. The Hall–Kier alpha value is -3.88. The third kappa shape index (κ3) is 3.08. The molecule has 1 unspecified atom stereocenters. The van der Waals surface area contributed by atoms with Crippen LogP contribution < -0.4 is 20.1 Å². The molecule has 3 aliphatic rings. The number of aryl methyl sites for hydroxylation is 1. The SMILES string of the molecule is CC(=O)c1cc2c(cc1NC(=O)CN1C(=O)NC3(CCCc4ccccc43)C1=O)OCO2. The Morgan fingerprint density at radius 3 is 2.69 bits per heavy atom. The number of carbonyl (C=O) groups excluding carboxylic acids is 4. The van der Waals surface area contributed by atoms with Gasteiger partial charge in [-0.15, -0.1) is 0 Å². The molecular weight excluding hydrogens is 414 g/mol. The molecule has 2 N–H and O–H groups in total. The van der Waals surface area contributed by atoms with Crippen LogP contribution in [-0.2, 0) is 21.5 Å². The fourth-order valence-corrected chi connectivity index (χ4v) is 4.63. The number of ether oxygens (including phenoxy) is 2. The molecule has 0 bridgehead atoms. The molecule has 4 amide bonds. The van der Waals surface area contributed by atoms with Crippen molar-refractivity contribution in [2.75, 3.05) is 18.7 Å². The number of imide groups is 1. The van der Waals surface area contributed by atoms with E-state index in [4.69, 9.17) is 9.47 Å². The summed E-state index contributed by atoms with van der Waals surface area (Å²) in [5.74, 6) is -0.497. The first-order valence-corrected chi connectivity index (χ1v) is 10.4. The smallest absolute Gasteiger partial charge is 0.325 e. The topological polar surface area (TPSA) is 114 Å². The van der Waals surface area contributed by atoms with E-state index in [1.54, 1.807) is 0 Å². The quantitative estimate of drug-likeness (QED) is 0.563. The maximum absolute atomic E-state index is 13.3. The Labute approximate surface area is 183 Å². The average molecular weight is 435 g/mol. The second kappa shape index (κ2) is 7.37. The average Bonchev–Trinajstić information content (AvgIpc) is 3.32. The van der Waals surface area contributed by atoms with Crippen molar-refractivity contribution in [1.82, 2.24) is 10.2 Å². The fraction of sp³-hybridized carbons (Fsp3) is 0.304. The van der Waals surface area contributed by atoms with Crippen molar-refractivity contribution in [2.24, 2.45) is 0 Å². The van der Waals surface area contributed by atoms with E-state index in [1.165, 1.54) is 19.1 Å². The first kappa shape index (κ1) is 20.0. The van der Waals surface area contributed by atoms with Crippen LogP contribution in [0.1, 0.15) is 41.3 Å². The minimum absolute atomic E-state index is 0.0239. The molecule has 1 spiro atoms. The summed E-state index contributed by atoms with van der Waals surface area (Å²) >= 11 is 0. The number of hydrogen-bond donors (Lipinski definition) is 2. The van der Waals surface area contributed by atoms with Gasteiger partial charge in [-0.05, 0) is 43.4 Å². The number of nitrogens with one attached hydrogen (secondary N) is 2. The van der Waals surface area contributed by atoms with Gasteiger partial charge in [0.2, 0.25) is 12.7 Å². The summed E-state index contributed by atoms with van der Waals surface area (Å²) in [5, 5.41) is 5.46. The monoisotopic (exact) mass is 435 g/mol. The molecule has 2 heterocycles. The number of rotatable bonds is 4. The zero-order valence-electron chi connectivity index (χ0n) is 17.4. The number of benzene rings is 2. The van der Waals surface area contributed by atoms with E-state index in [2.05, 4.69) is 10.6 Å². The van der Waals surface area contributed by atoms with Crippen LogP contribution >= 0.6 is 0 Å². The van der Waals surface area contributed by atoms with Gasteiger partial charge < -0.3 is 20.1 Å². The minimum Gasteiger partial charge on any atom is -0.454 e. The molecule has 9 nitrogen and oxygen atoms in total. The highest BCUT2D eigenvalue weighted by Crippen LogP contribution is 2.40. The van der Waals surface area contributed by atoms with E-state index in [0.717, 1.165) is 28.9 Å². The van der Waals surface area contributed by atoms with Gasteiger partial charge in [-0.3, -0.25) is 19.3 Å². The fourth-order valence-electron chi connectivity index (χ4n) is 4.63. The minimum atomic E-state index is -1.14. The molecule has 5 rings (SSSR count). The van der Waals surface area contributed by atoms with E-state index in [0.29, 0.717) is 17.9 Å². The van der Waals surface area contributed by atoms with Crippen LogP contribution in [0.4, 0.5) is 10.5 Å². The van der Waals surface area contributed by atoms with Crippen LogP contribution in [0.25, 0.3) is 0 Å². The molecule has 1 atom stereocenters. The third-order valence-corrected chi connectivity index (χ3v) is 6.12. The Morgan fingerprint density at radius 1 is 1.16 bits per heavy atom. The number of carbonyl (C=O) groups is 4. The molecule has 9 heteroatoms. The van der Waals surface area contributed by atoms with E-state index >= 15 is 0 Å². The maximum atomic E-state index is 13.3. The number of amides is 4. The first-order chi connectivity index (χ1) is 15.4. The summed E-state index contributed by atoms with van der Waals surface area (Å²) in [4.78, 5) is 51.8. The van der Waals surface area contributed by atoms with Crippen LogP contribution in [0.2, 0.25) is 0 Å². The molecule has 2 aromatic carbocycles. The molecule has 2 aromatic rings. The number of anilines is 1. The predicted octanol–water partition coefficient (Wildman–Crippen LogP) is 2.34. The van der Waals surface area contributed by atoms with Gasteiger partial charge in [0.05, 0.1) is 5.69 Å². The molecule has 1 saturated heterocycles. The number of fused-ring (bicyclic) bond motifs is 3. The second-order valence-corrected chi connectivity index (χ2v) is 8.09. The lowest BCUT2D eigenvalue weighted by molar-refractivity contribution is -0.134. The Bertz CT molecular complexity index is 1180. The number of urea groups is 1. The Balaban J connectivity index is 1.38. The summed E-state index contributed by atoms with van der Waals surface area (Å²) in [7, 11) is 0. The van der Waals surface area contributed by atoms with Gasteiger partial charge in [0.25, 0.3) is 5.91 Å². The van der Waals surface area contributed by atoms with E-state index in [1.807, 2.05) is 24.3 Å². The van der Waals surface area contributed by atoms with Crippen molar-refractivity contribution in [3.63, 3.8) is 0 Å². The highest BCUT2D eigenvalue weighted by Gasteiger charge is 2.54. The van der Waals surface area contributed by atoms with Crippen molar-refractivity contribution >= 4 is 29.3 Å². The Kier molecular flexibility index (Phi) is 4.61. The van der Waals surface area contributed by atoms with Crippen molar-refractivity contribution in [1.29, 1.82) is 0 Å². The highest BCUT2D eigenvalue weighted by atomic mass is 16.7. The number of ketones is 1. The third-order valence-electron chi connectivity index (χ3n) is 6.12. The van der Waals surface area contributed by atoms with Gasteiger partial charge in [-0.25, -0.2) is 4.79 Å². The van der Waals surface area contributed by atoms with Crippen LogP contribution in [-0.4, -0.2) is 41.9 Å². The summed E-state index contributed by atoms with van der Waals surface area (Å²) in [6.45, 7) is 0.922. The number of nitrogens with zero attached hydrogens (tertiary/aromatic N) is 1. The van der Waals surface area contributed by atoms with E-state index in [9.17, 15) is 19.2 Å². The molecule has 32 heavy (non-hydrogen) atoms. The summed E-state index contributed by atoms with van der Waals surface area (Å²) in [6.07, 6.45) is 2.06.